The second-order valence-electron chi connectivity index (χ2n) is 7.65. The summed E-state index contributed by atoms with van der Waals surface area (Å²) in [4.78, 5) is 23.8. The molecule has 3 rings (SSSR count). The summed E-state index contributed by atoms with van der Waals surface area (Å²) in [6, 6.07) is 24.5. The van der Waals surface area contributed by atoms with Crippen molar-refractivity contribution in [2.45, 2.75) is 27.0 Å². The number of hydrogen-bond acceptors (Lipinski definition) is 4. The number of benzene rings is 3. The zero-order valence-electron chi connectivity index (χ0n) is 18.3. The third-order valence-electron chi connectivity index (χ3n) is 4.68. The van der Waals surface area contributed by atoms with Gasteiger partial charge in [0.1, 0.15) is 18.1 Å². The number of rotatable bonds is 10. The number of nitrogens with one attached hydrogen (secondary N) is 2. The first-order valence-electron chi connectivity index (χ1n) is 10.6. The highest BCUT2D eigenvalue weighted by Crippen LogP contribution is 2.18. The van der Waals surface area contributed by atoms with Crippen molar-refractivity contribution in [1.82, 2.24) is 5.32 Å². The second-order valence-corrected chi connectivity index (χ2v) is 7.65. The Kier molecular flexibility index (Phi) is 8.26. The van der Waals surface area contributed by atoms with Gasteiger partial charge >= 0.3 is 0 Å². The second kappa shape index (κ2) is 11.6. The van der Waals surface area contributed by atoms with Gasteiger partial charge in [0.2, 0.25) is 5.91 Å². The van der Waals surface area contributed by atoms with Crippen LogP contribution in [0.4, 0.5) is 5.69 Å². The number of ether oxygens (including phenoxy) is 2. The van der Waals surface area contributed by atoms with Crippen molar-refractivity contribution in [2.75, 3.05) is 11.9 Å². The minimum absolute atomic E-state index is 0.0287. The molecule has 32 heavy (non-hydrogen) atoms. The molecule has 0 aromatic heterocycles. The lowest BCUT2D eigenvalue weighted by Gasteiger charge is -2.10. The predicted molar refractivity (Wildman–Crippen MR) is 124 cm³/mol. The molecule has 0 heterocycles. The van der Waals surface area contributed by atoms with E-state index in [2.05, 4.69) is 10.6 Å². The molecule has 0 aliphatic rings. The van der Waals surface area contributed by atoms with Gasteiger partial charge in [0.05, 0.1) is 0 Å². The van der Waals surface area contributed by atoms with Crippen LogP contribution in [0.5, 0.6) is 11.5 Å². The van der Waals surface area contributed by atoms with E-state index in [1.165, 1.54) is 0 Å². The number of hydrogen-bond donors (Lipinski definition) is 2. The van der Waals surface area contributed by atoms with Gasteiger partial charge in [0.25, 0.3) is 5.91 Å². The van der Waals surface area contributed by atoms with Crippen molar-refractivity contribution in [2.24, 2.45) is 5.92 Å². The summed E-state index contributed by atoms with van der Waals surface area (Å²) in [5.74, 6) is 1.01. The molecule has 0 spiro atoms. The Morgan fingerprint density at radius 3 is 2.03 bits per heavy atom. The number of anilines is 1. The number of carbonyl (C=O) groups is 2. The predicted octanol–water partition coefficient (Wildman–Crippen LogP) is 4.56. The van der Waals surface area contributed by atoms with Gasteiger partial charge in [-0.25, -0.2) is 0 Å². The van der Waals surface area contributed by atoms with Crippen molar-refractivity contribution in [3.63, 3.8) is 0 Å². The lowest BCUT2D eigenvalue weighted by molar-refractivity contribution is -0.123. The van der Waals surface area contributed by atoms with Crippen LogP contribution in [0, 0.1) is 5.92 Å². The molecule has 0 bridgehead atoms. The lowest BCUT2D eigenvalue weighted by Crippen LogP contribution is -2.28. The maximum Gasteiger partial charge on any atom is 0.258 e. The summed E-state index contributed by atoms with van der Waals surface area (Å²) < 4.78 is 11.3. The van der Waals surface area contributed by atoms with E-state index in [9.17, 15) is 9.59 Å². The quantitative estimate of drug-likeness (QED) is 0.493. The Balaban J connectivity index is 1.37. The van der Waals surface area contributed by atoms with Crippen LogP contribution >= 0.6 is 0 Å². The topological polar surface area (TPSA) is 76.7 Å². The first-order valence-corrected chi connectivity index (χ1v) is 10.6. The van der Waals surface area contributed by atoms with Crippen LogP contribution in [0.1, 0.15) is 25.0 Å². The zero-order valence-corrected chi connectivity index (χ0v) is 18.3. The standard InChI is InChI=1S/C26H28N2O4/c1-19(2)26(30)28-22-10-8-20(9-11-22)16-27-25(29)18-32-24-14-12-23(13-15-24)31-17-21-6-4-3-5-7-21/h3-15,19H,16-18H2,1-2H3,(H,27,29)(H,28,30). The van der Waals surface area contributed by atoms with E-state index in [-0.39, 0.29) is 24.3 Å². The normalized spacial score (nSPS) is 10.5. The molecular weight excluding hydrogens is 404 g/mol. The molecule has 2 N–H and O–H groups in total. The highest BCUT2D eigenvalue weighted by atomic mass is 16.5. The zero-order chi connectivity index (χ0) is 22.8. The highest BCUT2D eigenvalue weighted by molar-refractivity contribution is 5.92. The van der Waals surface area contributed by atoms with Crippen LogP contribution in [0.15, 0.2) is 78.9 Å². The van der Waals surface area contributed by atoms with E-state index < -0.39 is 0 Å². The molecule has 6 heteroatoms. The van der Waals surface area contributed by atoms with Crippen LogP contribution in [0.2, 0.25) is 0 Å². The summed E-state index contributed by atoms with van der Waals surface area (Å²) >= 11 is 0. The van der Waals surface area contributed by atoms with E-state index in [0.29, 0.717) is 18.9 Å². The van der Waals surface area contributed by atoms with Crippen LogP contribution in [-0.4, -0.2) is 18.4 Å². The molecule has 0 radical (unpaired) electrons. The van der Waals surface area contributed by atoms with Crippen molar-refractivity contribution in [3.8, 4) is 11.5 Å². The van der Waals surface area contributed by atoms with Gasteiger partial charge in [-0.3, -0.25) is 9.59 Å². The monoisotopic (exact) mass is 432 g/mol. The van der Waals surface area contributed by atoms with E-state index in [4.69, 9.17) is 9.47 Å². The van der Waals surface area contributed by atoms with E-state index in [1.54, 1.807) is 12.1 Å². The minimum Gasteiger partial charge on any atom is -0.489 e. The van der Waals surface area contributed by atoms with Gasteiger partial charge in [-0.2, -0.15) is 0 Å². The largest absolute Gasteiger partial charge is 0.489 e. The summed E-state index contributed by atoms with van der Waals surface area (Å²) in [5, 5.41) is 5.66. The molecular formula is C26H28N2O4. The van der Waals surface area contributed by atoms with Gasteiger partial charge in [-0.1, -0.05) is 56.3 Å². The molecule has 0 aliphatic heterocycles. The third kappa shape index (κ3) is 7.47. The van der Waals surface area contributed by atoms with Crippen molar-refractivity contribution in [1.29, 1.82) is 0 Å². The highest BCUT2D eigenvalue weighted by Gasteiger charge is 2.07. The summed E-state index contributed by atoms with van der Waals surface area (Å²) in [6.45, 7) is 4.49. The SMILES string of the molecule is CC(C)C(=O)Nc1ccc(CNC(=O)COc2ccc(OCc3ccccc3)cc2)cc1. The first kappa shape index (κ1) is 22.9. The Bertz CT molecular complexity index is 1000. The fourth-order valence-corrected chi connectivity index (χ4v) is 2.77. The molecule has 2 amide bonds. The van der Waals surface area contributed by atoms with Crippen molar-refractivity contribution >= 4 is 17.5 Å². The Hall–Kier alpha value is -3.80. The molecule has 0 aliphatic carbocycles. The summed E-state index contributed by atoms with van der Waals surface area (Å²) in [6.07, 6.45) is 0. The molecule has 6 nitrogen and oxygen atoms in total. The van der Waals surface area contributed by atoms with Crippen LogP contribution in [0.25, 0.3) is 0 Å². The molecule has 0 unspecified atom stereocenters. The van der Waals surface area contributed by atoms with Crippen LogP contribution in [-0.2, 0) is 22.7 Å². The van der Waals surface area contributed by atoms with E-state index >= 15 is 0 Å². The van der Waals surface area contributed by atoms with Gasteiger partial charge in [0, 0.05) is 18.2 Å². The number of amides is 2. The number of carbonyl (C=O) groups excluding carboxylic acids is 2. The molecule has 0 atom stereocenters. The summed E-state index contributed by atoms with van der Waals surface area (Å²) in [7, 11) is 0. The molecule has 0 saturated heterocycles. The van der Waals surface area contributed by atoms with Crippen molar-refractivity contribution < 1.29 is 19.1 Å². The third-order valence-corrected chi connectivity index (χ3v) is 4.68. The van der Waals surface area contributed by atoms with Gasteiger partial charge < -0.3 is 20.1 Å². The molecule has 0 fully saturated rings. The molecule has 166 valence electrons. The molecule has 0 saturated carbocycles. The fraction of sp³-hybridized carbons (Fsp3) is 0.231. The van der Waals surface area contributed by atoms with Gasteiger partial charge in [0.15, 0.2) is 6.61 Å². The lowest BCUT2D eigenvalue weighted by atomic mass is 10.1. The average Bonchev–Trinajstić information content (AvgIpc) is 2.82. The average molecular weight is 433 g/mol. The van der Waals surface area contributed by atoms with Gasteiger partial charge in [-0.15, -0.1) is 0 Å². The maximum atomic E-state index is 12.1. The maximum absolute atomic E-state index is 12.1. The fourth-order valence-electron chi connectivity index (χ4n) is 2.77. The smallest absolute Gasteiger partial charge is 0.258 e. The van der Waals surface area contributed by atoms with E-state index in [1.807, 2.05) is 80.6 Å². The summed E-state index contributed by atoms with van der Waals surface area (Å²) in [5.41, 5.74) is 2.76. The van der Waals surface area contributed by atoms with E-state index in [0.717, 1.165) is 22.6 Å². The minimum atomic E-state index is -0.216. The molecule has 3 aromatic rings. The first-order chi connectivity index (χ1) is 15.5. The van der Waals surface area contributed by atoms with Gasteiger partial charge in [-0.05, 0) is 47.5 Å². The Morgan fingerprint density at radius 2 is 1.41 bits per heavy atom. The molecule has 3 aromatic carbocycles. The van der Waals surface area contributed by atoms with Crippen LogP contribution < -0.4 is 20.1 Å². The van der Waals surface area contributed by atoms with Crippen LogP contribution in [0.3, 0.4) is 0 Å². The van der Waals surface area contributed by atoms with Crippen molar-refractivity contribution in [3.05, 3.63) is 90.0 Å². The Labute approximate surface area is 188 Å². The Morgan fingerprint density at radius 1 is 0.781 bits per heavy atom.